The van der Waals surface area contributed by atoms with Crippen LogP contribution in [0, 0.1) is 23.2 Å². The van der Waals surface area contributed by atoms with Crippen LogP contribution in [-0.4, -0.2) is 11.9 Å². The first-order chi connectivity index (χ1) is 10.2. The highest BCUT2D eigenvalue weighted by molar-refractivity contribution is 6.37. The number of hydrazone groups is 1. The second kappa shape index (κ2) is 8.26. The topological polar surface area (TPSA) is 62.2 Å². The molecule has 0 bridgehead atoms. The summed E-state index contributed by atoms with van der Waals surface area (Å²) in [5, 5.41) is 11.0. The third kappa shape index (κ3) is 4.75. The first kappa shape index (κ1) is 17.0. The van der Waals surface area contributed by atoms with Crippen LogP contribution < -0.4 is 5.84 Å². The molecule has 0 heterocycles. The molecule has 1 saturated carbocycles. The summed E-state index contributed by atoms with van der Waals surface area (Å²) in [6, 6.07) is 6.03. The first-order valence-corrected chi connectivity index (χ1v) is 7.60. The normalized spacial score (nSPS) is 13.9. The lowest BCUT2D eigenvalue weighted by Crippen LogP contribution is -2.10. The number of nitrogens with two attached hydrogens (primary N) is 1. The Labute approximate surface area is 128 Å². The molecule has 1 aliphatic carbocycles. The molecule has 1 aromatic rings. The Morgan fingerprint density at radius 2 is 2.05 bits per heavy atom. The van der Waals surface area contributed by atoms with E-state index in [4.69, 9.17) is 11.3 Å². The monoisotopic (exact) mass is 283 g/mol. The average molecular weight is 283 g/mol. The van der Waals surface area contributed by atoms with Gasteiger partial charge in [-0.1, -0.05) is 45.6 Å². The van der Waals surface area contributed by atoms with E-state index in [0.717, 1.165) is 16.7 Å². The molecule has 0 spiro atoms. The van der Waals surface area contributed by atoms with Crippen LogP contribution in [0.25, 0.3) is 0 Å². The molecule has 2 rings (SSSR count). The van der Waals surface area contributed by atoms with Crippen molar-refractivity contribution in [3.63, 3.8) is 0 Å². The quantitative estimate of drug-likeness (QED) is 0.376. The maximum atomic E-state index is 7.37. The van der Waals surface area contributed by atoms with E-state index >= 15 is 0 Å². The Morgan fingerprint density at radius 3 is 2.52 bits per heavy atom. The zero-order chi connectivity index (χ0) is 15.8. The van der Waals surface area contributed by atoms with E-state index in [1.807, 2.05) is 26.0 Å². The van der Waals surface area contributed by atoms with Gasteiger partial charge in [0, 0.05) is 23.3 Å². The Hall–Kier alpha value is -2.08. The van der Waals surface area contributed by atoms with Crippen LogP contribution in [0.3, 0.4) is 0 Å². The van der Waals surface area contributed by atoms with Gasteiger partial charge in [0.2, 0.25) is 0 Å². The highest BCUT2D eigenvalue weighted by Crippen LogP contribution is 2.28. The van der Waals surface area contributed by atoms with Crippen molar-refractivity contribution in [1.82, 2.24) is 0 Å². The van der Waals surface area contributed by atoms with E-state index in [1.54, 1.807) is 0 Å². The van der Waals surface area contributed by atoms with Gasteiger partial charge >= 0.3 is 0 Å². The van der Waals surface area contributed by atoms with E-state index in [0.29, 0.717) is 17.5 Å². The van der Waals surface area contributed by atoms with E-state index in [9.17, 15) is 0 Å². The van der Waals surface area contributed by atoms with Gasteiger partial charge in [0.1, 0.15) is 5.71 Å². The molecule has 3 heteroatoms. The van der Waals surface area contributed by atoms with Gasteiger partial charge in [-0.3, -0.25) is 0 Å². The molecular weight excluding hydrogens is 258 g/mol. The highest BCUT2D eigenvalue weighted by Gasteiger charge is 2.18. The zero-order valence-electron chi connectivity index (χ0n) is 13.4. The fraction of sp³-hybridized carbons (Fsp3) is 0.444. The smallest absolute Gasteiger partial charge is 0.108 e. The van der Waals surface area contributed by atoms with Crippen LogP contribution in [0.1, 0.15) is 63.1 Å². The second-order valence-corrected chi connectivity index (χ2v) is 5.16. The summed E-state index contributed by atoms with van der Waals surface area (Å²) >= 11 is 0. The molecule has 0 aliphatic heterocycles. The van der Waals surface area contributed by atoms with Gasteiger partial charge in [0.25, 0.3) is 0 Å². The molecule has 21 heavy (non-hydrogen) atoms. The van der Waals surface area contributed by atoms with Gasteiger partial charge < -0.3 is 11.3 Å². The maximum absolute atomic E-state index is 7.37. The minimum Gasteiger partial charge on any atom is -0.323 e. The molecule has 0 unspecified atom stereocenters. The van der Waals surface area contributed by atoms with Crippen LogP contribution in [0.15, 0.2) is 23.3 Å². The lowest BCUT2D eigenvalue weighted by Gasteiger charge is -2.12. The minimum absolute atomic E-state index is 0.342. The predicted molar refractivity (Wildman–Crippen MR) is 91.0 cm³/mol. The molecule has 0 saturated heterocycles. The molecule has 0 atom stereocenters. The van der Waals surface area contributed by atoms with Crippen LogP contribution >= 0.6 is 0 Å². The highest BCUT2D eigenvalue weighted by atomic mass is 15.1. The van der Waals surface area contributed by atoms with Gasteiger partial charge in [0.05, 0.1) is 0 Å². The number of nitrogens with zero attached hydrogens (tertiary/aromatic N) is 1. The summed E-state index contributed by atoms with van der Waals surface area (Å²) in [6.07, 6.45) is 3.66. The van der Waals surface area contributed by atoms with Crippen molar-refractivity contribution < 1.29 is 0 Å². The summed E-state index contributed by atoms with van der Waals surface area (Å²) < 4.78 is 0. The van der Waals surface area contributed by atoms with Gasteiger partial charge in [-0.2, -0.15) is 5.10 Å². The van der Waals surface area contributed by atoms with Gasteiger partial charge in [-0.25, -0.2) is 0 Å². The number of rotatable bonds is 3. The van der Waals surface area contributed by atoms with Crippen molar-refractivity contribution in [1.29, 1.82) is 5.41 Å². The van der Waals surface area contributed by atoms with E-state index in [1.165, 1.54) is 19.1 Å². The summed E-state index contributed by atoms with van der Waals surface area (Å²) in [7, 11) is 0. The fourth-order valence-corrected chi connectivity index (χ4v) is 1.95. The summed E-state index contributed by atoms with van der Waals surface area (Å²) in [4.78, 5) is 0. The zero-order valence-corrected chi connectivity index (χ0v) is 13.4. The number of benzene rings is 1. The van der Waals surface area contributed by atoms with Crippen molar-refractivity contribution in [3.05, 3.63) is 34.9 Å². The predicted octanol–water partition coefficient (Wildman–Crippen LogP) is 3.91. The molecule has 1 aliphatic rings. The van der Waals surface area contributed by atoms with Gasteiger partial charge in [0.15, 0.2) is 0 Å². The largest absolute Gasteiger partial charge is 0.323 e. The van der Waals surface area contributed by atoms with Crippen molar-refractivity contribution >= 4 is 11.9 Å². The number of hydrogen-bond donors (Lipinski definition) is 2. The maximum Gasteiger partial charge on any atom is 0.108 e. The van der Waals surface area contributed by atoms with Crippen LogP contribution in [0.2, 0.25) is 0 Å². The van der Waals surface area contributed by atoms with Gasteiger partial charge in [-0.05, 0) is 36.5 Å². The second-order valence-electron chi connectivity index (χ2n) is 5.16. The summed E-state index contributed by atoms with van der Waals surface area (Å²) in [5.41, 5.74) is 3.59. The summed E-state index contributed by atoms with van der Waals surface area (Å²) in [5.74, 6) is 12.8. The Balaban J connectivity index is 0.00000106. The van der Waals surface area contributed by atoms with Crippen molar-refractivity contribution in [2.75, 3.05) is 0 Å². The molecule has 112 valence electrons. The van der Waals surface area contributed by atoms with Crippen molar-refractivity contribution in [3.8, 4) is 11.8 Å². The van der Waals surface area contributed by atoms with Crippen LogP contribution in [0.5, 0.6) is 0 Å². The van der Waals surface area contributed by atoms with E-state index in [-0.39, 0.29) is 0 Å². The third-order valence-electron chi connectivity index (χ3n) is 3.22. The van der Waals surface area contributed by atoms with E-state index in [2.05, 4.69) is 36.9 Å². The lowest BCUT2D eigenvalue weighted by atomic mass is 9.92. The van der Waals surface area contributed by atoms with Crippen LogP contribution in [0.4, 0.5) is 0 Å². The lowest BCUT2D eigenvalue weighted by molar-refractivity contribution is 0.863. The van der Waals surface area contributed by atoms with E-state index < -0.39 is 0 Å². The van der Waals surface area contributed by atoms with Gasteiger partial charge in [-0.15, -0.1) is 0 Å². The van der Waals surface area contributed by atoms with Crippen LogP contribution in [-0.2, 0) is 0 Å². The number of nitrogens with one attached hydrogen (secondary N) is 1. The standard InChI is InChI=1S/C16H19N3.C2H6/c1-11(2)15-9-13(6-5-12-3-4-12)7-8-14(15)16(10-17)19-18;1-2/h7-12,17H,3-4,18H2,1-2H3;1-2H3/b17-10?,19-16+;. The minimum atomic E-state index is 0.342. The average Bonchev–Trinajstić information content (AvgIpc) is 3.33. The summed E-state index contributed by atoms with van der Waals surface area (Å²) in [6.45, 7) is 8.24. The third-order valence-corrected chi connectivity index (χ3v) is 3.22. The first-order valence-electron chi connectivity index (χ1n) is 7.60. The van der Waals surface area contributed by atoms with Crippen molar-refractivity contribution in [2.24, 2.45) is 16.9 Å². The molecule has 3 N–H and O–H groups in total. The fourth-order valence-electron chi connectivity index (χ4n) is 1.95. The molecule has 1 aromatic carbocycles. The molecule has 3 nitrogen and oxygen atoms in total. The number of hydrogen-bond acceptors (Lipinski definition) is 3. The Morgan fingerprint density at radius 1 is 1.38 bits per heavy atom. The molecule has 0 aromatic heterocycles. The SMILES string of the molecule is CC.CC(C)c1cc(C#CC2CC2)ccc1/C(C=N)=N/N. The molecular formula is C18H25N3. The Kier molecular flexibility index (Phi) is 6.68. The molecule has 0 radical (unpaired) electrons. The van der Waals surface area contributed by atoms with Crippen molar-refractivity contribution in [2.45, 2.75) is 46.5 Å². The molecule has 1 fully saturated rings. The Bertz CT molecular complexity index is 570. The molecule has 0 amide bonds.